The maximum absolute atomic E-state index is 12.1. The predicted molar refractivity (Wildman–Crippen MR) is 103 cm³/mol. The fourth-order valence-electron chi connectivity index (χ4n) is 3.05. The van der Waals surface area contributed by atoms with E-state index in [1.165, 1.54) is 5.56 Å². The van der Waals surface area contributed by atoms with E-state index >= 15 is 0 Å². The number of aromatic nitrogens is 2. The Morgan fingerprint density at radius 1 is 1.23 bits per heavy atom. The zero-order chi connectivity index (χ0) is 18.1. The summed E-state index contributed by atoms with van der Waals surface area (Å²) in [5.74, 6) is 0.428. The SMILES string of the molecule is Cc1cccc(CNc2ncc3c(n2)-c2ccc(Cl)cc2NC(=O)C3)c1. The Kier molecular flexibility index (Phi) is 4.31. The summed E-state index contributed by atoms with van der Waals surface area (Å²) in [5.41, 5.74) is 5.43. The molecule has 0 spiro atoms. The van der Waals surface area contributed by atoms with E-state index in [2.05, 4.69) is 45.7 Å². The Morgan fingerprint density at radius 2 is 2.12 bits per heavy atom. The first-order valence-electron chi connectivity index (χ1n) is 8.33. The number of nitrogens with zero attached hydrogens (tertiary/aromatic N) is 2. The van der Waals surface area contributed by atoms with Gasteiger partial charge in [0, 0.05) is 28.9 Å². The van der Waals surface area contributed by atoms with Gasteiger partial charge >= 0.3 is 0 Å². The number of anilines is 2. The molecular formula is C20H17ClN4O. The first kappa shape index (κ1) is 16.5. The Balaban J connectivity index is 1.67. The highest BCUT2D eigenvalue weighted by atomic mass is 35.5. The Bertz CT molecular complexity index is 1000. The molecule has 0 fully saturated rings. The molecule has 5 nitrogen and oxygen atoms in total. The molecule has 0 saturated carbocycles. The lowest BCUT2D eigenvalue weighted by atomic mass is 10.1. The molecule has 2 heterocycles. The third-order valence-corrected chi connectivity index (χ3v) is 4.49. The standard InChI is InChI=1S/C20H17ClN4O/c1-12-3-2-4-13(7-12)10-22-20-23-11-14-8-18(26)24-17-9-15(21)5-6-16(17)19(14)25-20/h2-7,9,11H,8,10H2,1H3,(H,24,26)(H,22,23,25). The Hall–Kier alpha value is -2.92. The average Bonchev–Trinajstić information content (AvgIpc) is 2.74. The number of hydrogen-bond donors (Lipinski definition) is 2. The zero-order valence-electron chi connectivity index (χ0n) is 14.2. The first-order valence-corrected chi connectivity index (χ1v) is 8.71. The van der Waals surface area contributed by atoms with Crippen molar-refractivity contribution in [1.29, 1.82) is 0 Å². The number of carbonyl (C=O) groups excluding carboxylic acids is 1. The molecule has 6 heteroatoms. The van der Waals surface area contributed by atoms with E-state index in [4.69, 9.17) is 11.6 Å². The van der Waals surface area contributed by atoms with Crippen molar-refractivity contribution in [3.63, 3.8) is 0 Å². The molecule has 4 rings (SSSR count). The molecule has 3 aromatic rings. The van der Waals surface area contributed by atoms with E-state index in [0.717, 1.165) is 22.4 Å². The van der Waals surface area contributed by atoms with Gasteiger partial charge in [-0.15, -0.1) is 0 Å². The summed E-state index contributed by atoms with van der Waals surface area (Å²) in [6, 6.07) is 13.7. The van der Waals surface area contributed by atoms with Crippen LogP contribution >= 0.6 is 11.6 Å². The van der Waals surface area contributed by atoms with E-state index in [1.807, 2.05) is 12.1 Å². The normalized spacial score (nSPS) is 12.6. The fourth-order valence-corrected chi connectivity index (χ4v) is 3.22. The summed E-state index contributed by atoms with van der Waals surface area (Å²) in [7, 11) is 0. The lowest BCUT2D eigenvalue weighted by Crippen LogP contribution is -2.13. The molecule has 0 atom stereocenters. The molecule has 1 aliphatic rings. The van der Waals surface area contributed by atoms with Crippen molar-refractivity contribution < 1.29 is 4.79 Å². The van der Waals surface area contributed by atoms with Crippen LogP contribution in [0.4, 0.5) is 11.6 Å². The second-order valence-electron chi connectivity index (χ2n) is 6.32. The van der Waals surface area contributed by atoms with Crippen molar-refractivity contribution in [2.75, 3.05) is 10.6 Å². The number of benzene rings is 2. The summed E-state index contributed by atoms with van der Waals surface area (Å²) in [6.07, 6.45) is 1.95. The van der Waals surface area contributed by atoms with E-state index in [-0.39, 0.29) is 12.3 Å². The summed E-state index contributed by atoms with van der Waals surface area (Å²) in [6.45, 7) is 2.69. The molecule has 0 unspecified atom stereocenters. The van der Waals surface area contributed by atoms with E-state index in [1.54, 1.807) is 18.3 Å². The molecule has 0 bridgehead atoms. The summed E-state index contributed by atoms with van der Waals surface area (Å²) in [4.78, 5) is 21.1. The molecule has 1 amide bonds. The average molecular weight is 365 g/mol. The van der Waals surface area contributed by atoms with E-state index in [9.17, 15) is 4.79 Å². The van der Waals surface area contributed by atoms with Crippen LogP contribution in [0.3, 0.4) is 0 Å². The Morgan fingerprint density at radius 3 is 2.96 bits per heavy atom. The van der Waals surface area contributed by atoms with Crippen LogP contribution in [0.15, 0.2) is 48.7 Å². The number of rotatable bonds is 3. The zero-order valence-corrected chi connectivity index (χ0v) is 15.0. The lowest BCUT2D eigenvalue weighted by molar-refractivity contribution is -0.115. The minimum absolute atomic E-state index is 0.101. The van der Waals surface area contributed by atoms with Crippen LogP contribution in [-0.4, -0.2) is 15.9 Å². The molecule has 1 aromatic heterocycles. The van der Waals surface area contributed by atoms with Crippen LogP contribution < -0.4 is 10.6 Å². The van der Waals surface area contributed by atoms with Crippen molar-refractivity contribution in [3.8, 4) is 11.3 Å². The maximum atomic E-state index is 12.1. The lowest BCUT2D eigenvalue weighted by Gasteiger charge is -2.11. The van der Waals surface area contributed by atoms with Crippen LogP contribution in [0, 0.1) is 6.92 Å². The minimum Gasteiger partial charge on any atom is -0.350 e. The number of carbonyl (C=O) groups is 1. The van der Waals surface area contributed by atoms with Crippen molar-refractivity contribution in [2.24, 2.45) is 0 Å². The highest BCUT2D eigenvalue weighted by molar-refractivity contribution is 6.31. The predicted octanol–water partition coefficient (Wildman–Crippen LogP) is 4.21. The topological polar surface area (TPSA) is 66.9 Å². The number of fused-ring (bicyclic) bond motifs is 3. The number of nitrogens with one attached hydrogen (secondary N) is 2. The number of halogens is 1. The van der Waals surface area contributed by atoms with Gasteiger partial charge in [0.25, 0.3) is 0 Å². The highest BCUT2D eigenvalue weighted by Crippen LogP contribution is 2.34. The van der Waals surface area contributed by atoms with Crippen molar-refractivity contribution in [3.05, 3.63) is 70.4 Å². The van der Waals surface area contributed by atoms with E-state index in [0.29, 0.717) is 23.2 Å². The summed E-state index contributed by atoms with van der Waals surface area (Å²) >= 11 is 6.07. The third-order valence-electron chi connectivity index (χ3n) is 4.26. The molecule has 26 heavy (non-hydrogen) atoms. The first-order chi connectivity index (χ1) is 12.6. The Labute approximate surface area is 156 Å². The largest absolute Gasteiger partial charge is 0.350 e. The molecule has 1 aliphatic heterocycles. The molecule has 130 valence electrons. The van der Waals surface area contributed by atoms with Crippen LogP contribution in [0.1, 0.15) is 16.7 Å². The summed E-state index contributed by atoms with van der Waals surface area (Å²) in [5, 5.41) is 6.71. The second kappa shape index (κ2) is 6.77. The van der Waals surface area contributed by atoms with Crippen LogP contribution in [-0.2, 0) is 17.8 Å². The third kappa shape index (κ3) is 3.39. The monoisotopic (exact) mass is 364 g/mol. The molecule has 2 aromatic carbocycles. The van der Waals surface area contributed by atoms with Crippen LogP contribution in [0.2, 0.25) is 5.02 Å². The van der Waals surface area contributed by atoms with Gasteiger partial charge in [-0.2, -0.15) is 0 Å². The van der Waals surface area contributed by atoms with Gasteiger partial charge in [-0.25, -0.2) is 9.97 Å². The van der Waals surface area contributed by atoms with Crippen LogP contribution in [0.5, 0.6) is 0 Å². The van der Waals surface area contributed by atoms with Gasteiger partial charge in [0.05, 0.1) is 17.8 Å². The van der Waals surface area contributed by atoms with Gasteiger partial charge in [0.2, 0.25) is 11.9 Å². The van der Waals surface area contributed by atoms with E-state index < -0.39 is 0 Å². The van der Waals surface area contributed by atoms with Gasteiger partial charge in [-0.3, -0.25) is 4.79 Å². The van der Waals surface area contributed by atoms with Crippen LogP contribution in [0.25, 0.3) is 11.3 Å². The fraction of sp³-hybridized carbons (Fsp3) is 0.150. The van der Waals surface area contributed by atoms with Crippen molar-refractivity contribution >= 4 is 29.1 Å². The second-order valence-corrected chi connectivity index (χ2v) is 6.76. The molecule has 0 aliphatic carbocycles. The van der Waals surface area contributed by atoms with Crippen molar-refractivity contribution in [2.45, 2.75) is 19.9 Å². The molecule has 0 radical (unpaired) electrons. The molecule has 0 saturated heterocycles. The smallest absolute Gasteiger partial charge is 0.228 e. The van der Waals surface area contributed by atoms with Crippen molar-refractivity contribution in [1.82, 2.24) is 9.97 Å². The maximum Gasteiger partial charge on any atom is 0.228 e. The highest BCUT2D eigenvalue weighted by Gasteiger charge is 2.21. The number of aryl methyl sites for hydroxylation is 1. The quantitative estimate of drug-likeness (QED) is 0.730. The number of hydrogen-bond acceptors (Lipinski definition) is 4. The molecule has 2 N–H and O–H groups in total. The minimum atomic E-state index is -0.101. The van der Waals surface area contributed by atoms with Gasteiger partial charge in [-0.1, -0.05) is 41.4 Å². The number of amides is 1. The van der Waals surface area contributed by atoms with Gasteiger partial charge in [0.1, 0.15) is 0 Å². The molecular weight excluding hydrogens is 348 g/mol. The van der Waals surface area contributed by atoms with Gasteiger partial charge < -0.3 is 10.6 Å². The summed E-state index contributed by atoms with van der Waals surface area (Å²) < 4.78 is 0. The van der Waals surface area contributed by atoms with Gasteiger partial charge in [0.15, 0.2) is 0 Å². The van der Waals surface area contributed by atoms with Gasteiger partial charge in [-0.05, 0) is 30.7 Å².